The van der Waals surface area contributed by atoms with Crippen LogP contribution in [0.15, 0.2) is 47.2 Å². The molecule has 0 fully saturated rings. The van der Waals surface area contributed by atoms with Gasteiger partial charge in [0.1, 0.15) is 0 Å². The molecule has 3 aromatic heterocycles. The van der Waals surface area contributed by atoms with E-state index in [1.165, 1.54) is 11.3 Å². The predicted molar refractivity (Wildman–Crippen MR) is 114 cm³/mol. The molecule has 0 atom stereocenters. The smallest absolute Gasteiger partial charge is 0.309 e. The molecule has 0 bridgehead atoms. The molecule has 148 valence electrons. The fourth-order valence-corrected chi connectivity index (χ4v) is 4.40. The third kappa shape index (κ3) is 4.47. The summed E-state index contributed by atoms with van der Waals surface area (Å²) < 4.78 is 1.78. The lowest BCUT2D eigenvalue weighted by Crippen LogP contribution is -2.40. The highest BCUT2D eigenvalue weighted by atomic mass is 35.5. The normalized spacial score (nSPS) is 10.9. The molecule has 7 nitrogen and oxygen atoms in total. The maximum atomic E-state index is 12.0. The maximum Gasteiger partial charge on any atom is 0.309 e. The van der Waals surface area contributed by atoms with Crippen LogP contribution in [-0.2, 0) is 22.6 Å². The van der Waals surface area contributed by atoms with Crippen molar-refractivity contribution in [2.75, 3.05) is 6.54 Å². The van der Waals surface area contributed by atoms with E-state index in [9.17, 15) is 9.59 Å². The number of carbonyl (C=O) groups is 2. The van der Waals surface area contributed by atoms with Gasteiger partial charge < -0.3 is 10.6 Å². The molecule has 3 heterocycles. The number of nitrogens with one attached hydrogen (secondary N) is 2. The van der Waals surface area contributed by atoms with Crippen molar-refractivity contribution in [2.24, 2.45) is 0 Å². The Kier molecular flexibility index (Phi) is 5.89. The summed E-state index contributed by atoms with van der Waals surface area (Å²) >= 11 is 9.13. The highest BCUT2D eigenvalue weighted by Crippen LogP contribution is 2.24. The maximum absolute atomic E-state index is 12.0. The molecular formula is C19H16ClN5O2S2. The standard InChI is InChI=1S/C19H16ClN5O2S2/c20-14-5-2-1-4-12(14)10-22-18(27)17(26)21-8-7-13-11-29-19-23-16(24-25(13)19)15-6-3-9-28-15/h1-6,9,11H,7-8,10H2,(H,21,26)(H,22,27). The van der Waals surface area contributed by atoms with E-state index in [0.717, 1.165) is 21.1 Å². The summed E-state index contributed by atoms with van der Waals surface area (Å²) in [4.78, 5) is 30.3. The topological polar surface area (TPSA) is 88.4 Å². The van der Waals surface area contributed by atoms with Gasteiger partial charge in [0, 0.05) is 29.9 Å². The van der Waals surface area contributed by atoms with Crippen molar-refractivity contribution in [3.05, 3.63) is 63.4 Å². The van der Waals surface area contributed by atoms with Gasteiger partial charge in [0.15, 0.2) is 5.82 Å². The second kappa shape index (κ2) is 8.73. The highest BCUT2D eigenvalue weighted by molar-refractivity contribution is 7.15. The summed E-state index contributed by atoms with van der Waals surface area (Å²) in [6.07, 6.45) is 0.538. The van der Waals surface area contributed by atoms with Crippen molar-refractivity contribution in [1.29, 1.82) is 0 Å². The van der Waals surface area contributed by atoms with Gasteiger partial charge in [0.2, 0.25) is 4.96 Å². The number of carbonyl (C=O) groups excluding carboxylic acids is 2. The Bertz CT molecular complexity index is 1150. The molecule has 29 heavy (non-hydrogen) atoms. The zero-order valence-electron chi connectivity index (χ0n) is 15.1. The fraction of sp³-hybridized carbons (Fsp3) is 0.158. The van der Waals surface area contributed by atoms with E-state index in [1.54, 1.807) is 34.1 Å². The van der Waals surface area contributed by atoms with Gasteiger partial charge in [-0.15, -0.1) is 27.8 Å². The molecule has 0 aliphatic heterocycles. The number of halogens is 1. The summed E-state index contributed by atoms with van der Waals surface area (Å²) in [7, 11) is 0. The number of nitrogens with zero attached hydrogens (tertiary/aromatic N) is 3. The van der Waals surface area contributed by atoms with Crippen LogP contribution < -0.4 is 10.6 Å². The average Bonchev–Trinajstić information content (AvgIpc) is 3.45. The van der Waals surface area contributed by atoms with Crippen LogP contribution in [0, 0.1) is 0 Å². The van der Waals surface area contributed by atoms with Crippen molar-refractivity contribution < 1.29 is 9.59 Å². The Morgan fingerprint density at radius 2 is 1.90 bits per heavy atom. The van der Waals surface area contributed by atoms with E-state index in [-0.39, 0.29) is 6.54 Å². The number of hydrogen-bond donors (Lipinski definition) is 2. The Morgan fingerprint density at radius 1 is 1.07 bits per heavy atom. The molecule has 0 spiro atoms. The number of thiophene rings is 1. The lowest BCUT2D eigenvalue weighted by molar-refractivity contribution is -0.139. The summed E-state index contributed by atoms with van der Waals surface area (Å²) in [6.45, 7) is 0.514. The SMILES string of the molecule is O=C(NCCc1csc2nc(-c3cccs3)nn12)C(=O)NCc1ccccc1Cl. The van der Waals surface area contributed by atoms with Crippen LogP contribution in [-0.4, -0.2) is 33.0 Å². The fourth-order valence-electron chi connectivity index (χ4n) is 2.69. The van der Waals surface area contributed by atoms with Crippen LogP contribution >= 0.6 is 34.3 Å². The zero-order chi connectivity index (χ0) is 20.2. The predicted octanol–water partition coefficient (Wildman–Crippen LogP) is 3.15. The molecule has 2 N–H and O–H groups in total. The monoisotopic (exact) mass is 445 g/mol. The average molecular weight is 446 g/mol. The Balaban J connectivity index is 1.30. The molecule has 0 aliphatic rings. The molecular weight excluding hydrogens is 430 g/mol. The van der Waals surface area contributed by atoms with E-state index >= 15 is 0 Å². The van der Waals surface area contributed by atoms with Crippen molar-refractivity contribution in [2.45, 2.75) is 13.0 Å². The van der Waals surface area contributed by atoms with Gasteiger partial charge in [0.25, 0.3) is 0 Å². The van der Waals surface area contributed by atoms with E-state index in [2.05, 4.69) is 20.7 Å². The first-order valence-electron chi connectivity index (χ1n) is 8.78. The second-order valence-electron chi connectivity index (χ2n) is 6.11. The summed E-state index contributed by atoms with van der Waals surface area (Å²) in [5.41, 5.74) is 1.68. The Morgan fingerprint density at radius 3 is 2.69 bits per heavy atom. The summed E-state index contributed by atoms with van der Waals surface area (Å²) in [5, 5.41) is 14.2. The zero-order valence-corrected chi connectivity index (χ0v) is 17.5. The van der Waals surface area contributed by atoms with Gasteiger partial charge in [-0.05, 0) is 23.1 Å². The van der Waals surface area contributed by atoms with Crippen LogP contribution in [0.25, 0.3) is 15.7 Å². The molecule has 2 amide bonds. The van der Waals surface area contributed by atoms with Gasteiger partial charge in [-0.1, -0.05) is 35.9 Å². The molecule has 10 heteroatoms. The van der Waals surface area contributed by atoms with Crippen molar-refractivity contribution in [1.82, 2.24) is 25.2 Å². The minimum absolute atomic E-state index is 0.196. The van der Waals surface area contributed by atoms with E-state index in [4.69, 9.17) is 11.6 Å². The summed E-state index contributed by atoms with van der Waals surface area (Å²) in [6, 6.07) is 11.1. The van der Waals surface area contributed by atoms with Gasteiger partial charge in [0.05, 0.1) is 10.6 Å². The minimum Gasteiger partial charge on any atom is -0.347 e. The van der Waals surface area contributed by atoms with Crippen LogP contribution in [0.2, 0.25) is 5.02 Å². The number of aromatic nitrogens is 3. The number of hydrogen-bond acceptors (Lipinski definition) is 6. The number of benzene rings is 1. The lowest BCUT2D eigenvalue weighted by atomic mass is 10.2. The van der Waals surface area contributed by atoms with Crippen molar-refractivity contribution in [3.8, 4) is 10.7 Å². The first-order chi connectivity index (χ1) is 14.1. The van der Waals surface area contributed by atoms with Gasteiger partial charge in [-0.3, -0.25) is 9.59 Å². The van der Waals surface area contributed by atoms with Crippen LogP contribution in [0.1, 0.15) is 11.3 Å². The first kappa shape index (κ1) is 19.6. The molecule has 0 saturated heterocycles. The van der Waals surface area contributed by atoms with Crippen LogP contribution in [0.5, 0.6) is 0 Å². The van der Waals surface area contributed by atoms with Crippen LogP contribution in [0.3, 0.4) is 0 Å². The lowest BCUT2D eigenvalue weighted by Gasteiger charge is -2.07. The quantitative estimate of drug-likeness (QED) is 0.446. The second-order valence-corrected chi connectivity index (χ2v) is 8.31. The van der Waals surface area contributed by atoms with Gasteiger partial charge >= 0.3 is 11.8 Å². The first-order valence-corrected chi connectivity index (χ1v) is 10.9. The third-order valence-electron chi connectivity index (χ3n) is 4.16. The molecule has 4 aromatic rings. The van der Waals surface area contributed by atoms with E-state index < -0.39 is 11.8 Å². The Hall–Kier alpha value is -2.75. The van der Waals surface area contributed by atoms with Gasteiger partial charge in [-0.2, -0.15) is 4.98 Å². The number of amides is 2. The number of rotatable bonds is 6. The number of thiazole rings is 1. The molecule has 1 aromatic carbocycles. The Labute approximate surface area is 179 Å². The molecule has 0 unspecified atom stereocenters. The highest BCUT2D eigenvalue weighted by Gasteiger charge is 2.15. The molecule has 0 saturated carbocycles. The van der Waals surface area contributed by atoms with Crippen molar-refractivity contribution >= 4 is 51.0 Å². The molecule has 4 rings (SSSR count). The van der Waals surface area contributed by atoms with Gasteiger partial charge in [-0.25, -0.2) is 4.52 Å². The third-order valence-corrected chi connectivity index (χ3v) is 6.26. The molecule has 0 radical (unpaired) electrons. The van der Waals surface area contributed by atoms with E-state index in [0.29, 0.717) is 23.8 Å². The molecule has 0 aliphatic carbocycles. The minimum atomic E-state index is -0.693. The van der Waals surface area contributed by atoms with Crippen LogP contribution in [0.4, 0.5) is 0 Å². The largest absolute Gasteiger partial charge is 0.347 e. The number of fused-ring (bicyclic) bond motifs is 1. The van der Waals surface area contributed by atoms with E-state index in [1.807, 2.05) is 29.0 Å². The van der Waals surface area contributed by atoms with Crippen molar-refractivity contribution in [3.63, 3.8) is 0 Å². The summed E-state index contributed by atoms with van der Waals surface area (Å²) in [5.74, 6) is -0.682.